The van der Waals surface area contributed by atoms with Crippen LogP contribution in [-0.4, -0.2) is 6.71 Å². The van der Waals surface area contributed by atoms with Gasteiger partial charge in [-0.1, -0.05) is 131 Å². The van der Waals surface area contributed by atoms with Crippen molar-refractivity contribution in [2.75, 3.05) is 0 Å². The maximum Gasteiger partial charge on any atom is 0.242 e. The third kappa shape index (κ3) is 6.56. The molecule has 0 heterocycles. The summed E-state index contributed by atoms with van der Waals surface area (Å²) in [6.45, 7) is 16.4. The van der Waals surface area contributed by atoms with Crippen molar-refractivity contribution in [1.82, 2.24) is 0 Å². The van der Waals surface area contributed by atoms with Crippen molar-refractivity contribution in [2.24, 2.45) is 0 Å². The minimum absolute atomic E-state index is 0.325. The Labute approximate surface area is 211 Å². The van der Waals surface area contributed by atoms with E-state index >= 15 is 0 Å². The molecule has 0 nitrogen and oxygen atoms in total. The van der Waals surface area contributed by atoms with E-state index in [1.807, 2.05) is 0 Å². The summed E-state index contributed by atoms with van der Waals surface area (Å²) in [5.41, 5.74) is 14.7. The van der Waals surface area contributed by atoms with Crippen LogP contribution in [0.1, 0.15) is 105 Å². The Morgan fingerprint density at radius 2 is 1.24 bits per heavy atom. The number of allylic oxidation sites excluding steroid dienone is 4. The van der Waals surface area contributed by atoms with Crippen LogP contribution in [0.5, 0.6) is 0 Å². The molecule has 0 amide bonds. The van der Waals surface area contributed by atoms with Crippen molar-refractivity contribution in [3.05, 3.63) is 80.8 Å². The summed E-state index contributed by atoms with van der Waals surface area (Å²) in [6.07, 6.45) is 18.3. The minimum Gasteiger partial charge on any atom is -0.0890 e. The first kappa shape index (κ1) is 26.6. The zero-order valence-corrected chi connectivity index (χ0v) is 23.1. The molecule has 0 unspecified atom stereocenters. The normalized spacial score (nSPS) is 14.0. The lowest BCUT2D eigenvalue weighted by Gasteiger charge is -2.27. The van der Waals surface area contributed by atoms with E-state index in [0.717, 1.165) is 0 Å². The van der Waals surface area contributed by atoms with Crippen LogP contribution in [-0.2, 0) is 0 Å². The van der Waals surface area contributed by atoms with Crippen molar-refractivity contribution in [3.63, 3.8) is 0 Å². The number of rotatable bonds is 11. The highest BCUT2D eigenvalue weighted by molar-refractivity contribution is 6.92. The van der Waals surface area contributed by atoms with E-state index in [9.17, 15) is 0 Å². The molecule has 0 fully saturated rings. The van der Waals surface area contributed by atoms with Gasteiger partial charge in [0.15, 0.2) is 0 Å². The van der Waals surface area contributed by atoms with Gasteiger partial charge in [0.2, 0.25) is 6.71 Å². The smallest absolute Gasteiger partial charge is 0.0890 e. The Balaban J connectivity index is 2.09. The predicted octanol–water partition coefficient (Wildman–Crippen LogP) is 8.47. The van der Waals surface area contributed by atoms with Gasteiger partial charge in [-0.25, -0.2) is 0 Å². The van der Waals surface area contributed by atoms with Gasteiger partial charge in [-0.2, -0.15) is 0 Å². The van der Waals surface area contributed by atoms with Crippen LogP contribution in [0.4, 0.5) is 0 Å². The Morgan fingerprint density at radius 3 is 1.71 bits per heavy atom. The van der Waals surface area contributed by atoms with Crippen LogP contribution >= 0.6 is 0 Å². The van der Waals surface area contributed by atoms with Crippen LogP contribution in [0.2, 0.25) is 0 Å². The second kappa shape index (κ2) is 12.6. The first-order valence-corrected chi connectivity index (χ1v) is 13.9. The van der Waals surface area contributed by atoms with Crippen molar-refractivity contribution in [1.29, 1.82) is 0 Å². The quantitative estimate of drug-likeness (QED) is 0.236. The summed E-state index contributed by atoms with van der Waals surface area (Å²) in [7, 11) is 0. The first-order chi connectivity index (χ1) is 16.3. The molecule has 0 saturated heterocycles. The molecule has 3 rings (SSSR count). The van der Waals surface area contributed by atoms with Gasteiger partial charge in [0.1, 0.15) is 0 Å². The van der Waals surface area contributed by atoms with Gasteiger partial charge in [0.25, 0.3) is 0 Å². The van der Waals surface area contributed by atoms with Gasteiger partial charge in [0, 0.05) is 0 Å². The summed E-state index contributed by atoms with van der Waals surface area (Å²) in [4.78, 5) is 0. The predicted molar refractivity (Wildman–Crippen MR) is 154 cm³/mol. The molecule has 34 heavy (non-hydrogen) atoms. The average Bonchev–Trinajstić information content (AvgIpc) is 3.28. The van der Waals surface area contributed by atoms with Crippen LogP contribution in [0.15, 0.2) is 47.5 Å². The van der Waals surface area contributed by atoms with E-state index < -0.39 is 0 Å². The maximum atomic E-state index is 2.64. The number of aryl methyl sites for hydroxylation is 6. The van der Waals surface area contributed by atoms with Gasteiger partial charge >= 0.3 is 0 Å². The highest BCUT2D eigenvalue weighted by Crippen LogP contribution is 2.29. The van der Waals surface area contributed by atoms with E-state index in [1.54, 1.807) is 11.0 Å². The number of hydrogen-bond acceptors (Lipinski definition) is 0. The molecule has 0 saturated carbocycles. The molecule has 1 aliphatic rings. The lowest BCUT2D eigenvalue weighted by molar-refractivity contribution is 0.611. The van der Waals surface area contributed by atoms with Gasteiger partial charge in [0.05, 0.1) is 0 Å². The largest absolute Gasteiger partial charge is 0.242 e. The Bertz CT molecular complexity index is 933. The summed E-state index contributed by atoms with van der Waals surface area (Å²) < 4.78 is 0. The monoisotopic (exact) mass is 454 g/mol. The third-order valence-electron chi connectivity index (χ3n) is 7.70. The molecule has 2 aromatic carbocycles. The first-order valence-electron chi connectivity index (χ1n) is 13.9. The van der Waals surface area contributed by atoms with Crippen LogP contribution in [0, 0.1) is 41.5 Å². The molecular weight excluding hydrogens is 407 g/mol. The van der Waals surface area contributed by atoms with E-state index in [1.165, 1.54) is 109 Å². The molecule has 0 N–H and O–H groups in total. The molecule has 0 spiro atoms. The fraction of sp³-hybridized carbons (Fsp3) is 0.515. The fourth-order valence-electron chi connectivity index (χ4n) is 6.30. The summed E-state index contributed by atoms with van der Waals surface area (Å²) in [5, 5.41) is 0. The van der Waals surface area contributed by atoms with E-state index in [-0.39, 0.29) is 0 Å². The lowest BCUT2D eigenvalue weighted by atomic mass is 9.32. The number of hydrogen-bond donors (Lipinski definition) is 0. The minimum atomic E-state index is 0.325. The highest BCUT2D eigenvalue weighted by Gasteiger charge is 2.32. The van der Waals surface area contributed by atoms with Crippen LogP contribution in [0.3, 0.4) is 0 Å². The summed E-state index contributed by atoms with van der Waals surface area (Å²) in [6, 6.07) is 9.57. The van der Waals surface area contributed by atoms with E-state index in [4.69, 9.17) is 0 Å². The standard InChI is InChI=1S/C33H47B/c1-8-9-10-11-12-13-14-19-31(30-17-15-16-18-30)34(32-26(4)20-24(2)21-27(32)5)33-28(6)22-25(3)23-29(33)7/h17,19-23H,8-16,18H2,1-7H3/b31-19+. The second-order valence-corrected chi connectivity index (χ2v) is 10.9. The molecule has 0 bridgehead atoms. The molecule has 0 radical (unpaired) electrons. The second-order valence-electron chi connectivity index (χ2n) is 10.9. The van der Waals surface area contributed by atoms with Gasteiger partial charge < -0.3 is 0 Å². The highest BCUT2D eigenvalue weighted by atomic mass is 14.2. The van der Waals surface area contributed by atoms with Crippen LogP contribution < -0.4 is 10.9 Å². The fourth-order valence-corrected chi connectivity index (χ4v) is 6.30. The van der Waals surface area contributed by atoms with Gasteiger partial charge in [-0.15, -0.1) is 0 Å². The van der Waals surface area contributed by atoms with Gasteiger partial charge in [-0.05, 0) is 73.6 Å². The third-order valence-corrected chi connectivity index (χ3v) is 7.70. The zero-order chi connectivity index (χ0) is 24.7. The van der Waals surface area contributed by atoms with Crippen molar-refractivity contribution >= 4 is 17.6 Å². The molecule has 2 aromatic rings. The Morgan fingerprint density at radius 1 is 0.735 bits per heavy atom. The molecule has 0 aliphatic heterocycles. The number of benzene rings is 2. The molecule has 0 aromatic heterocycles. The maximum absolute atomic E-state index is 2.64. The van der Waals surface area contributed by atoms with Crippen molar-refractivity contribution in [2.45, 2.75) is 113 Å². The number of unbranched alkanes of at least 4 members (excludes halogenated alkanes) is 6. The van der Waals surface area contributed by atoms with Crippen molar-refractivity contribution in [3.8, 4) is 0 Å². The topological polar surface area (TPSA) is 0 Å². The van der Waals surface area contributed by atoms with E-state index in [0.29, 0.717) is 6.71 Å². The molecular formula is C33H47B. The van der Waals surface area contributed by atoms with Crippen molar-refractivity contribution < 1.29 is 0 Å². The van der Waals surface area contributed by atoms with Gasteiger partial charge in [-0.3, -0.25) is 0 Å². The lowest BCUT2D eigenvalue weighted by Crippen LogP contribution is -2.49. The Kier molecular flexibility index (Phi) is 9.87. The molecule has 0 atom stereocenters. The van der Waals surface area contributed by atoms with Crippen LogP contribution in [0.25, 0.3) is 0 Å². The summed E-state index contributed by atoms with van der Waals surface area (Å²) >= 11 is 0. The average molecular weight is 455 g/mol. The zero-order valence-electron chi connectivity index (χ0n) is 23.1. The molecule has 1 heteroatoms. The Hall–Kier alpha value is -2.02. The molecule has 182 valence electrons. The summed E-state index contributed by atoms with van der Waals surface area (Å²) in [5.74, 6) is 0. The molecule has 1 aliphatic carbocycles. The SMILES string of the molecule is CCCCCCCC/C=C(/B(c1c(C)cc(C)cc1C)c1c(C)cc(C)cc1C)C1=CCCC1. The van der Waals surface area contributed by atoms with E-state index in [2.05, 4.69) is 84.9 Å².